The van der Waals surface area contributed by atoms with Crippen LogP contribution < -0.4 is 5.32 Å². The van der Waals surface area contributed by atoms with Gasteiger partial charge in [0.05, 0.1) is 7.11 Å². The number of hydrogen-bond donors (Lipinski definition) is 1. The molecule has 0 spiro atoms. The van der Waals surface area contributed by atoms with Crippen molar-refractivity contribution in [3.05, 3.63) is 0 Å². The number of imide groups is 1. The highest BCUT2D eigenvalue weighted by molar-refractivity contribution is 5.96. The Hall–Kier alpha value is -1.63. The molecule has 0 saturated carbocycles. The molecule has 0 saturated heterocycles. The monoisotopic (exact) mass is 288 g/mol. The first kappa shape index (κ1) is 18.4. The van der Waals surface area contributed by atoms with E-state index in [0.717, 1.165) is 0 Å². The summed E-state index contributed by atoms with van der Waals surface area (Å²) in [6.07, 6.45) is -0.718. The Morgan fingerprint density at radius 3 is 1.95 bits per heavy atom. The summed E-state index contributed by atoms with van der Waals surface area (Å²) >= 11 is 0. The van der Waals surface area contributed by atoms with Crippen LogP contribution in [-0.4, -0.2) is 41.7 Å². The molecule has 0 bridgehead atoms. The molecule has 7 nitrogen and oxygen atoms in total. The van der Waals surface area contributed by atoms with Gasteiger partial charge in [-0.3, -0.25) is 14.4 Å². The molecule has 0 aromatic carbocycles. The van der Waals surface area contributed by atoms with Gasteiger partial charge >= 0.3 is 6.09 Å². The number of nitrogens with zero attached hydrogens (tertiary/aromatic N) is 1. The summed E-state index contributed by atoms with van der Waals surface area (Å²) < 4.78 is 5.10. The number of carbonyl (C=O) groups excluding carboxylic acids is 3. The fraction of sp³-hybridized carbons (Fsp3) is 0.769. The second kappa shape index (κ2) is 7.23. The molecule has 0 aliphatic rings. The Balaban J connectivity index is 4.94. The van der Waals surface area contributed by atoms with Crippen LogP contribution in [0.2, 0.25) is 0 Å². The number of hydrogen-bond acceptors (Lipinski definition) is 5. The van der Waals surface area contributed by atoms with Crippen LogP contribution in [0.15, 0.2) is 0 Å². The predicted molar refractivity (Wildman–Crippen MR) is 72.5 cm³/mol. The molecule has 0 radical (unpaired) electrons. The van der Waals surface area contributed by atoms with Crippen molar-refractivity contribution >= 4 is 17.9 Å². The van der Waals surface area contributed by atoms with Crippen molar-refractivity contribution in [2.45, 2.75) is 53.2 Å². The lowest BCUT2D eigenvalue weighted by atomic mass is 10.0. The number of nitrogens with one attached hydrogen (secondary N) is 1. The largest absolute Gasteiger partial charge is 0.444 e. The van der Waals surface area contributed by atoms with Gasteiger partial charge in [-0.25, -0.2) is 4.79 Å². The summed E-state index contributed by atoms with van der Waals surface area (Å²) in [6, 6.07) is -0.909. The van der Waals surface area contributed by atoms with E-state index in [2.05, 4.69) is 5.32 Å². The first-order chi connectivity index (χ1) is 8.99. The highest BCUT2D eigenvalue weighted by Gasteiger charge is 2.32. The quantitative estimate of drug-likeness (QED) is 0.792. The molecule has 0 rings (SSSR count). The third-order valence-corrected chi connectivity index (χ3v) is 2.27. The first-order valence-corrected chi connectivity index (χ1v) is 6.37. The summed E-state index contributed by atoms with van der Waals surface area (Å²) in [4.78, 5) is 39.9. The van der Waals surface area contributed by atoms with Gasteiger partial charge in [-0.05, 0) is 26.7 Å². The van der Waals surface area contributed by atoms with Gasteiger partial charge in [0.1, 0.15) is 11.6 Å². The zero-order chi connectivity index (χ0) is 16.1. The molecule has 1 N–H and O–H groups in total. The number of hydroxylamine groups is 2. The van der Waals surface area contributed by atoms with E-state index in [9.17, 15) is 14.4 Å². The third kappa shape index (κ3) is 6.01. The van der Waals surface area contributed by atoms with E-state index in [4.69, 9.17) is 9.57 Å². The second-order valence-electron chi connectivity index (χ2n) is 5.70. The van der Waals surface area contributed by atoms with Crippen LogP contribution in [0.3, 0.4) is 0 Å². The number of ether oxygens (including phenoxy) is 1. The molecule has 3 amide bonds. The summed E-state index contributed by atoms with van der Waals surface area (Å²) in [7, 11) is 1.21. The van der Waals surface area contributed by atoms with Gasteiger partial charge in [0, 0.05) is 6.92 Å². The van der Waals surface area contributed by atoms with Crippen LogP contribution in [0.4, 0.5) is 4.79 Å². The van der Waals surface area contributed by atoms with Crippen LogP contribution in [-0.2, 0) is 19.2 Å². The third-order valence-electron chi connectivity index (χ3n) is 2.27. The maximum atomic E-state index is 12.2. The molecule has 0 heterocycles. The molecule has 0 aromatic rings. The standard InChI is InChI=1S/C13H24N2O5/c1-8(2)10(11(17)15(19-7)9(3)16)14-12(18)20-13(4,5)6/h8,10H,1-7H3,(H,14,18)/t10-/m0/s1. The van der Waals surface area contributed by atoms with Gasteiger partial charge in [-0.15, -0.1) is 0 Å². The zero-order valence-corrected chi connectivity index (χ0v) is 13.1. The molecule has 0 aromatic heterocycles. The van der Waals surface area contributed by atoms with Gasteiger partial charge < -0.3 is 10.1 Å². The van der Waals surface area contributed by atoms with Crippen LogP contribution in [0, 0.1) is 5.92 Å². The summed E-state index contributed by atoms with van der Waals surface area (Å²) in [5.74, 6) is -1.43. The van der Waals surface area contributed by atoms with Gasteiger partial charge in [-0.1, -0.05) is 13.8 Å². The number of amides is 3. The lowest BCUT2D eigenvalue weighted by Crippen LogP contribution is -2.53. The van der Waals surface area contributed by atoms with Crippen molar-refractivity contribution in [3.8, 4) is 0 Å². The SMILES string of the molecule is CON(C(C)=O)C(=O)[C@@H](NC(=O)OC(C)(C)C)C(C)C. The average Bonchev–Trinajstić information content (AvgIpc) is 2.23. The Bertz CT molecular complexity index is 373. The van der Waals surface area contributed by atoms with Crippen LogP contribution >= 0.6 is 0 Å². The van der Waals surface area contributed by atoms with Crippen molar-refractivity contribution in [1.29, 1.82) is 0 Å². The van der Waals surface area contributed by atoms with Crippen LogP contribution in [0.5, 0.6) is 0 Å². The summed E-state index contributed by atoms with van der Waals surface area (Å²) in [5.41, 5.74) is -0.670. The molecule has 0 fully saturated rings. The Morgan fingerprint density at radius 1 is 1.15 bits per heavy atom. The normalized spacial score (nSPS) is 12.8. The van der Waals surface area contributed by atoms with E-state index in [-0.39, 0.29) is 5.92 Å². The summed E-state index contributed by atoms with van der Waals surface area (Å²) in [6.45, 7) is 9.84. The predicted octanol–water partition coefficient (Wildman–Crippen LogP) is 1.47. The highest BCUT2D eigenvalue weighted by atomic mass is 16.7. The van der Waals surface area contributed by atoms with Gasteiger partial charge in [0.2, 0.25) is 5.91 Å². The fourth-order valence-corrected chi connectivity index (χ4v) is 1.45. The lowest BCUT2D eigenvalue weighted by Gasteiger charge is -2.27. The average molecular weight is 288 g/mol. The minimum atomic E-state index is -0.909. The molecule has 0 aliphatic heterocycles. The Labute approximate surface area is 119 Å². The molecule has 0 unspecified atom stereocenters. The van der Waals surface area contributed by atoms with E-state index in [1.54, 1.807) is 34.6 Å². The molecule has 7 heteroatoms. The van der Waals surface area contributed by atoms with Crippen molar-refractivity contribution in [2.75, 3.05) is 7.11 Å². The van der Waals surface area contributed by atoms with E-state index in [0.29, 0.717) is 5.06 Å². The number of rotatable bonds is 4. The highest BCUT2D eigenvalue weighted by Crippen LogP contribution is 2.10. The van der Waals surface area contributed by atoms with Crippen molar-refractivity contribution < 1.29 is 24.0 Å². The maximum absolute atomic E-state index is 12.2. The molecule has 0 aliphatic carbocycles. The molecule has 116 valence electrons. The smallest absolute Gasteiger partial charge is 0.408 e. The van der Waals surface area contributed by atoms with E-state index < -0.39 is 29.6 Å². The fourth-order valence-electron chi connectivity index (χ4n) is 1.45. The zero-order valence-electron chi connectivity index (χ0n) is 13.1. The van der Waals surface area contributed by atoms with Crippen molar-refractivity contribution in [2.24, 2.45) is 5.92 Å². The number of alkyl carbamates (subject to hydrolysis) is 1. The topological polar surface area (TPSA) is 84.9 Å². The van der Waals surface area contributed by atoms with E-state index in [1.165, 1.54) is 14.0 Å². The minimum absolute atomic E-state index is 0.230. The molecule has 20 heavy (non-hydrogen) atoms. The minimum Gasteiger partial charge on any atom is -0.444 e. The van der Waals surface area contributed by atoms with Gasteiger partial charge in [0.25, 0.3) is 5.91 Å². The van der Waals surface area contributed by atoms with E-state index >= 15 is 0 Å². The van der Waals surface area contributed by atoms with Crippen molar-refractivity contribution in [1.82, 2.24) is 10.4 Å². The van der Waals surface area contributed by atoms with Crippen LogP contribution in [0.25, 0.3) is 0 Å². The van der Waals surface area contributed by atoms with Crippen LogP contribution in [0.1, 0.15) is 41.5 Å². The van der Waals surface area contributed by atoms with E-state index in [1.807, 2.05) is 0 Å². The Kier molecular flexibility index (Phi) is 6.64. The first-order valence-electron chi connectivity index (χ1n) is 6.37. The summed E-state index contributed by atoms with van der Waals surface area (Å²) in [5, 5.41) is 3.07. The Morgan fingerprint density at radius 2 is 1.65 bits per heavy atom. The van der Waals surface area contributed by atoms with Gasteiger partial charge in [-0.2, -0.15) is 5.06 Å². The lowest BCUT2D eigenvalue weighted by molar-refractivity contribution is -0.188. The number of carbonyl (C=O) groups is 3. The molecule has 1 atom stereocenters. The molecular formula is C13H24N2O5. The van der Waals surface area contributed by atoms with Crippen molar-refractivity contribution in [3.63, 3.8) is 0 Å². The second-order valence-corrected chi connectivity index (χ2v) is 5.70. The molecular weight excluding hydrogens is 264 g/mol. The maximum Gasteiger partial charge on any atom is 0.408 e. The van der Waals surface area contributed by atoms with Gasteiger partial charge in [0.15, 0.2) is 0 Å².